The Morgan fingerprint density at radius 2 is 2.25 bits per heavy atom. The van der Waals surface area contributed by atoms with Gasteiger partial charge in [-0.1, -0.05) is 0 Å². The standard InChI is InChI=1S/C11H13FN4/c12-8-6-9(14)7-2-1-4-15-10(7)11(8)16-5-3-13/h1-2,4,6,16H,3,5,13-14H2. The Kier molecular flexibility index (Phi) is 2.87. The predicted octanol–water partition coefficient (Wildman–Crippen LogP) is 1.33. The van der Waals surface area contributed by atoms with Crippen molar-refractivity contribution in [2.45, 2.75) is 0 Å². The number of benzene rings is 1. The average Bonchev–Trinajstić information content (AvgIpc) is 2.29. The van der Waals surface area contributed by atoms with Gasteiger partial charge in [0.1, 0.15) is 0 Å². The molecule has 0 saturated heterocycles. The van der Waals surface area contributed by atoms with Crippen LogP contribution in [0.25, 0.3) is 10.9 Å². The molecule has 0 spiro atoms. The summed E-state index contributed by atoms with van der Waals surface area (Å²) in [5, 5.41) is 3.65. The van der Waals surface area contributed by atoms with E-state index in [1.54, 1.807) is 12.3 Å². The van der Waals surface area contributed by atoms with Crippen LogP contribution >= 0.6 is 0 Å². The molecule has 1 heterocycles. The van der Waals surface area contributed by atoms with E-state index in [0.717, 1.165) is 5.39 Å². The summed E-state index contributed by atoms with van der Waals surface area (Å²) in [4.78, 5) is 4.13. The maximum atomic E-state index is 13.7. The number of nitrogens with one attached hydrogen (secondary N) is 1. The number of nitrogens with two attached hydrogens (primary N) is 2. The Morgan fingerprint density at radius 1 is 1.44 bits per heavy atom. The first-order valence-electron chi connectivity index (χ1n) is 5.00. The average molecular weight is 220 g/mol. The molecule has 0 radical (unpaired) electrons. The van der Waals surface area contributed by atoms with Crippen LogP contribution < -0.4 is 16.8 Å². The van der Waals surface area contributed by atoms with E-state index >= 15 is 0 Å². The van der Waals surface area contributed by atoms with Gasteiger partial charge >= 0.3 is 0 Å². The summed E-state index contributed by atoms with van der Waals surface area (Å²) >= 11 is 0. The largest absolute Gasteiger partial charge is 0.398 e. The molecule has 5 heteroatoms. The summed E-state index contributed by atoms with van der Waals surface area (Å²) in [6.45, 7) is 0.921. The number of rotatable bonds is 3. The maximum absolute atomic E-state index is 13.7. The molecule has 4 nitrogen and oxygen atoms in total. The van der Waals surface area contributed by atoms with Crippen LogP contribution in [0.5, 0.6) is 0 Å². The summed E-state index contributed by atoms with van der Waals surface area (Å²) in [5.74, 6) is -0.405. The van der Waals surface area contributed by atoms with Gasteiger partial charge in [0.05, 0.1) is 11.2 Å². The smallest absolute Gasteiger partial charge is 0.150 e. The van der Waals surface area contributed by atoms with E-state index in [1.165, 1.54) is 6.07 Å². The van der Waals surface area contributed by atoms with Gasteiger partial charge in [0, 0.05) is 30.4 Å². The highest BCUT2D eigenvalue weighted by molar-refractivity contribution is 5.98. The molecule has 0 saturated carbocycles. The summed E-state index contributed by atoms with van der Waals surface area (Å²) in [7, 11) is 0. The van der Waals surface area contributed by atoms with E-state index in [0.29, 0.717) is 30.0 Å². The van der Waals surface area contributed by atoms with Crippen LogP contribution in [0.15, 0.2) is 24.4 Å². The van der Waals surface area contributed by atoms with Crippen molar-refractivity contribution >= 4 is 22.3 Å². The highest BCUT2D eigenvalue weighted by Gasteiger charge is 2.10. The monoisotopic (exact) mass is 220 g/mol. The van der Waals surface area contributed by atoms with Crippen LogP contribution in [0.2, 0.25) is 0 Å². The molecule has 16 heavy (non-hydrogen) atoms. The van der Waals surface area contributed by atoms with Crippen molar-refractivity contribution in [1.29, 1.82) is 0 Å². The Bertz CT molecular complexity index is 513. The molecular formula is C11H13FN4. The first-order valence-corrected chi connectivity index (χ1v) is 5.00. The highest BCUT2D eigenvalue weighted by atomic mass is 19.1. The third-order valence-electron chi connectivity index (χ3n) is 2.32. The van der Waals surface area contributed by atoms with Crippen LogP contribution in [0.3, 0.4) is 0 Å². The fraction of sp³-hybridized carbons (Fsp3) is 0.182. The Labute approximate surface area is 92.5 Å². The molecule has 1 aromatic carbocycles. The summed E-state index contributed by atoms with van der Waals surface area (Å²) in [6, 6.07) is 4.87. The number of pyridine rings is 1. The molecule has 1 aromatic heterocycles. The molecule has 0 aliphatic rings. The summed E-state index contributed by atoms with van der Waals surface area (Å²) in [5.41, 5.74) is 12.4. The van der Waals surface area contributed by atoms with Gasteiger partial charge in [0.2, 0.25) is 0 Å². The lowest BCUT2D eigenvalue weighted by Crippen LogP contribution is -2.14. The van der Waals surface area contributed by atoms with Crippen LogP contribution in [-0.4, -0.2) is 18.1 Å². The SMILES string of the molecule is NCCNc1c(F)cc(N)c2cccnc12. The minimum absolute atomic E-state index is 0.357. The highest BCUT2D eigenvalue weighted by Crippen LogP contribution is 2.29. The Morgan fingerprint density at radius 3 is 3.00 bits per heavy atom. The molecule has 0 unspecified atom stereocenters. The van der Waals surface area contributed by atoms with E-state index in [-0.39, 0.29) is 0 Å². The number of hydrogen-bond donors (Lipinski definition) is 3. The zero-order valence-corrected chi connectivity index (χ0v) is 8.70. The first-order chi connectivity index (χ1) is 7.74. The topological polar surface area (TPSA) is 77.0 Å². The number of aromatic nitrogens is 1. The van der Waals surface area contributed by atoms with Gasteiger partial charge in [-0.05, 0) is 18.2 Å². The van der Waals surface area contributed by atoms with Crippen molar-refractivity contribution in [3.05, 3.63) is 30.2 Å². The van der Waals surface area contributed by atoms with Crippen LogP contribution in [0.4, 0.5) is 15.8 Å². The quantitative estimate of drug-likeness (QED) is 0.682. The molecule has 0 aliphatic carbocycles. The van der Waals surface area contributed by atoms with Crippen molar-refractivity contribution in [2.75, 3.05) is 24.1 Å². The lowest BCUT2D eigenvalue weighted by molar-refractivity contribution is 0.632. The van der Waals surface area contributed by atoms with Crippen molar-refractivity contribution in [1.82, 2.24) is 4.98 Å². The molecule has 0 aliphatic heterocycles. The lowest BCUT2D eigenvalue weighted by atomic mass is 10.1. The minimum atomic E-state index is -0.405. The van der Waals surface area contributed by atoms with E-state index in [1.807, 2.05) is 6.07 Å². The van der Waals surface area contributed by atoms with Gasteiger partial charge in [-0.3, -0.25) is 4.98 Å². The van der Waals surface area contributed by atoms with Gasteiger partial charge in [-0.25, -0.2) is 4.39 Å². The Balaban J connectivity index is 2.61. The zero-order valence-electron chi connectivity index (χ0n) is 8.70. The number of anilines is 2. The van der Waals surface area contributed by atoms with E-state index in [4.69, 9.17) is 11.5 Å². The maximum Gasteiger partial charge on any atom is 0.150 e. The molecule has 2 aromatic rings. The van der Waals surface area contributed by atoms with Crippen LogP contribution in [0.1, 0.15) is 0 Å². The van der Waals surface area contributed by atoms with Gasteiger partial charge in [-0.15, -0.1) is 0 Å². The summed E-state index contributed by atoms with van der Waals surface area (Å²) < 4.78 is 13.7. The van der Waals surface area contributed by atoms with E-state index in [9.17, 15) is 4.39 Å². The van der Waals surface area contributed by atoms with Crippen LogP contribution in [-0.2, 0) is 0 Å². The number of fused-ring (bicyclic) bond motifs is 1. The second-order valence-electron chi connectivity index (χ2n) is 3.44. The molecular weight excluding hydrogens is 207 g/mol. The van der Waals surface area contributed by atoms with E-state index in [2.05, 4.69) is 10.3 Å². The summed E-state index contributed by atoms with van der Waals surface area (Å²) in [6.07, 6.45) is 1.61. The molecule has 2 rings (SSSR count). The zero-order chi connectivity index (χ0) is 11.5. The Hall–Kier alpha value is -1.88. The van der Waals surface area contributed by atoms with Gasteiger partial charge in [-0.2, -0.15) is 0 Å². The number of nitrogen functional groups attached to an aromatic ring is 1. The molecule has 0 atom stereocenters. The van der Waals surface area contributed by atoms with Crippen LogP contribution in [0, 0.1) is 5.82 Å². The third-order valence-corrected chi connectivity index (χ3v) is 2.32. The number of nitrogens with zero attached hydrogens (tertiary/aromatic N) is 1. The van der Waals surface area contributed by atoms with Gasteiger partial charge in [0.25, 0.3) is 0 Å². The van der Waals surface area contributed by atoms with Crippen molar-refractivity contribution in [2.24, 2.45) is 5.73 Å². The van der Waals surface area contributed by atoms with Gasteiger partial charge < -0.3 is 16.8 Å². The fourth-order valence-corrected chi connectivity index (χ4v) is 1.60. The molecule has 5 N–H and O–H groups in total. The normalized spacial score (nSPS) is 10.6. The van der Waals surface area contributed by atoms with Crippen molar-refractivity contribution < 1.29 is 4.39 Å². The number of hydrogen-bond acceptors (Lipinski definition) is 4. The second-order valence-corrected chi connectivity index (χ2v) is 3.44. The van der Waals surface area contributed by atoms with Crippen molar-refractivity contribution in [3.8, 4) is 0 Å². The fourth-order valence-electron chi connectivity index (χ4n) is 1.60. The second kappa shape index (κ2) is 4.32. The molecule has 0 amide bonds. The lowest BCUT2D eigenvalue weighted by Gasteiger charge is -2.10. The third kappa shape index (κ3) is 1.77. The first kappa shape index (κ1) is 10.6. The molecule has 84 valence electrons. The van der Waals surface area contributed by atoms with Gasteiger partial charge in [0.15, 0.2) is 5.82 Å². The van der Waals surface area contributed by atoms with Crippen molar-refractivity contribution in [3.63, 3.8) is 0 Å². The molecule has 0 bridgehead atoms. The number of halogens is 1. The molecule has 0 fully saturated rings. The predicted molar refractivity (Wildman–Crippen MR) is 63.7 cm³/mol. The van der Waals surface area contributed by atoms with E-state index < -0.39 is 5.82 Å². The minimum Gasteiger partial charge on any atom is -0.398 e.